The number of hydrogen-bond acceptors (Lipinski definition) is 7. The van der Waals surface area contributed by atoms with Crippen LogP contribution in [0.1, 0.15) is 26.5 Å². The van der Waals surface area contributed by atoms with E-state index in [-0.39, 0.29) is 17.7 Å². The first-order chi connectivity index (χ1) is 10.4. The van der Waals surface area contributed by atoms with Crippen LogP contribution in [-0.4, -0.2) is 36.3 Å². The average Bonchev–Trinajstić information content (AvgIpc) is 3.01. The molecule has 0 aliphatic carbocycles. The van der Waals surface area contributed by atoms with Gasteiger partial charge in [-0.1, -0.05) is 19.8 Å². The van der Waals surface area contributed by atoms with Crippen molar-refractivity contribution in [3.8, 4) is 12.3 Å². The van der Waals surface area contributed by atoms with Crippen LogP contribution in [0.25, 0.3) is 11.2 Å². The quantitative estimate of drug-likeness (QED) is 0.681. The molecule has 4 atom stereocenters. The number of hydrogen-bond donors (Lipinski definition) is 3. The highest BCUT2D eigenvalue weighted by molar-refractivity contribution is 5.82. The Balaban J connectivity index is 2.11. The zero-order chi connectivity index (χ0) is 16.1. The summed E-state index contributed by atoms with van der Waals surface area (Å²) in [6.45, 7) is 3.79. The van der Waals surface area contributed by atoms with E-state index < -0.39 is 17.9 Å². The van der Waals surface area contributed by atoms with Gasteiger partial charge in [-0.15, -0.1) is 6.42 Å². The molecule has 4 unspecified atom stereocenters. The number of nitrogens with zero attached hydrogens (tertiary/aromatic N) is 4. The van der Waals surface area contributed by atoms with E-state index in [4.69, 9.17) is 22.6 Å². The van der Waals surface area contributed by atoms with Gasteiger partial charge in [-0.25, -0.2) is 4.98 Å². The molecule has 1 fully saturated rings. The minimum absolute atomic E-state index is 0.0333. The van der Waals surface area contributed by atoms with Crippen molar-refractivity contribution < 1.29 is 9.84 Å². The van der Waals surface area contributed by atoms with Gasteiger partial charge in [0.05, 0.1) is 6.33 Å². The topological polar surface area (TPSA) is 125 Å². The molecular formula is C14H18N6O2. The molecule has 1 aliphatic rings. The van der Waals surface area contributed by atoms with Gasteiger partial charge >= 0.3 is 0 Å². The molecule has 0 saturated carbocycles. The first-order valence-corrected chi connectivity index (χ1v) is 7.02. The SMILES string of the molecule is C#CC1(CC)OC(n2cnc3c(N)nc(N)nc32)C(O)C1C. The first-order valence-electron chi connectivity index (χ1n) is 7.02. The monoisotopic (exact) mass is 302 g/mol. The Morgan fingerprint density at radius 3 is 2.82 bits per heavy atom. The molecule has 3 rings (SSSR count). The molecule has 8 nitrogen and oxygen atoms in total. The van der Waals surface area contributed by atoms with Crippen molar-refractivity contribution >= 4 is 22.9 Å². The number of rotatable bonds is 2. The normalized spacial score (nSPS) is 31.5. The van der Waals surface area contributed by atoms with Crippen LogP contribution in [0.5, 0.6) is 0 Å². The van der Waals surface area contributed by atoms with Gasteiger partial charge in [0.25, 0.3) is 0 Å². The van der Waals surface area contributed by atoms with Crippen LogP contribution in [0, 0.1) is 18.3 Å². The Hall–Kier alpha value is -2.37. The number of nitrogen functional groups attached to an aromatic ring is 2. The van der Waals surface area contributed by atoms with Gasteiger partial charge in [-0.05, 0) is 6.42 Å². The molecule has 22 heavy (non-hydrogen) atoms. The molecule has 1 saturated heterocycles. The molecule has 1 aliphatic heterocycles. The van der Waals surface area contributed by atoms with Crippen LogP contribution in [0.15, 0.2) is 6.33 Å². The summed E-state index contributed by atoms with van der Waals surface area (Å²) in [5, 5.41) is 10.6. The van der Waals surface area contributed by atoms with E-state index in [1.165, 1.54) is 6.33 Å². The molecular weight excluding hydrogens is 284 g/mol. The minimum atomic E-state index is -0.829. The van der Waals surface area contributed by atoms with E-state index >= 15 is 0 Å². The fourth-order valence-corrected chi connectivity index (χ4v) is 2.95. The third-order valence-electron chi connectivity index (χ3n) is 4.38. The Labute approximate surface area is 127 Å². The largest absolute Gasteiger partial charge is 0.388 e. The van der Waals surface area contributed by atoms with Crippen LogP contribution >= 0.6 is 0 Å². The maximum Gasteiger partial charge on any atom is 0.224 e. The van der Waals surface area contributed by atoms with Gasteiger partial charge in [0, 0.05) is 5.92 Å². The van der Waals surface area contributed by atoms with Crippen molar-refractivity contribution in [1.29, 1.82) is 0 Å². The summed E-state index contributed by atoms with van der Waals surface area (Å²) in [4.78, 5) is 12.2. The fourth-order valence-electron chi connectivity index (χ4n) is 2.95. The van der Waals surface area contributed by atoms with Crippen molar-refractivity contribution in [1.82, 2.24) is 19.5 Å². The molecule has 8 heteroatoms. The highest BCUT2D eigenvalue weighted by Gasteiger charge is 2.51. The van der Waals surface area contributed by atoms with Crippen molar-refractivity contribution in [2.45, 2.75) is 38.2 Å². The number of anilines is 2. The van der Waals surface area contributed by atoms with Gasteiger partial charge in [0.1, 0.15) is 17.2 Å². The van der Waals surface area contributed by atoms with Gasteiger partial charge in [-0.3, -0.25) is 4.57 Å². The van der Waals surface area contributed by atoms with Crippen LogP contribution in [0.2, 0.25) is 0 Å². The molecule has 0 bridgehead atoms. The lowest BCUT2D eigenvalue weighted by atomic mass is 9.85. The zero-order valence-electron chi connectivity index (χ0n) is 12.4. The van der Waals surface area contributed by atoms with Crippen LogP contribution in [0.4, 0.5) is 11.8 Å². The fraction of sp³-hybridized carbons (Fsp3) is 0.500. The van der Waals surface area contributed by atoms with Gasteiger partial charge in [0.15, 0.2) is 17.7 Å². The maximum absolute atomic E-state index is 10.6. The molecule has 0 aromatic carbocycles. The number of aliphatic hydroxyl groups excluding tert-OH is 1. The Kier molecular flexibility index (Phi) is 3.20. The highest BCUT2D eigenvalue weighted by Crippen LogP contribution is 2.43. The number of fused-ring (bicyclic) bond motifs is 1. The lowest BCUT2D eigenvalue weighted by molar-refractivity contribution is -0.0636. The summed E-state index contributed by atoms with van der Waals surface area (Å²) in [6.07, 6.45) is 6.21. The van der Waals surface area contributed by atoms with Crippen molar-refractivity contribution in [3.63, 3.8) is 0 Å². The molecule has 116 valence electrons. The summed E-state index contributed by atoms with van der Waals surface area (Å²) in [7, 11) is 0. The maximum atomic E-state index is 10.6. The number of nitrogens with two attached hydrogens (primary N) is 2. The second kappa shape index (κ2) is 4.83. The van der Waals surface area contributed by atoms with E-state index in [1.807, 2.05) is 13.8 Å². The van der Waals surface area contributed by atoms with Crippen molar-refractivity contribution in [3.05, 3.63) is 6.33 Å². The van der Waals surface area contributed by atoms with Gasteiger partial charge < -0.3 is 21.3 Å². The Morgan fingerprint density at radius 1 is 1.50 bits per heavy atom. The second-order valence-corrected chi connectivity index (χ2v) is 5.47. The lowest BCUT2D eigenvalue weighted by Gasteiger charge is -2.25. The number of imidazole rings is 1. The molecule has 2 aromatic rings. The van der Waals surface area contributed by atoms with E-state index in [0.29, 0.717) is 17.6 Å². The Morgan fingerprint density at radius 2 is 2.23 bits per heavy atom. The molecule has 5 N–H and O–H groups in total. The average molecular weight is 302 g/mol. The molecule has 2 aromatic heterocycles. The molecule has 0 radical (unpaired) electrons. The number of aromatic nitrogens is 4. The number of ether oxygens (including phenoxy) is 1. The van der Waals surface area contributed by atoms with Crippen molar-refractivity contribution in [2.75, 3.05) is 11.5 Å². The molecule has 0 amide bonds. The summed E-state index contributed by atoms with van der Waals surface area (Å²) >= 11 is 0. The summed E-state index contributed by atoms with van der Waals surface area (Å²) in [6, 6.07) is 0. The summed E-state index contributed by atoms with van der Waals surface area (Å²) in [5.41, 5.74) is 11.4. The van der Waals surface area contributed by atoms with E-state index in [9.17, 15) is 5.11 Å². The molecule has 0 spiro atoms. The first kappa shape index (κ1) is 14.6. The Bertz CT molecular complexity index is 767. The standard InChI is InChI=1S/C14H18N6O2/c1-4-14(5-2)7(3)9(21)12(22-14)20-6-17-8-10(15)18-13(16)19-11(8)20/h1,6-7,9,12,21H,5H2,2-3H3,(H4,15,16,18,19). The predicted molar refractivity (Wildman–Crippen MR) is 81.3 cm³/mol. The smallest absolute Gasteiger partial charge is 0.224 e. The minimum Gasteiger partial charge on any atom is -0.388 e. The van der Waals surface area contributed by atoms with E-state index in [1.54, 1.807) is 4.57 Å². The number of aliphatic hydroxyl groups is 1. The summed E-state index contributed by atoms with van der Waals surface area (Å²) < 4.78 is 7.60. The predicted octanol–water partition coefficient (Wildman–Crippen LogP) is 0.298. The molecule has 3 heterocycles. The highest BCUT2D eigenvalue weighted by atomic mass is 16.5. The van der Waals surface area contributed by atoms with Crippen LogP contribution < -0.4 is 11.5 Å². The van der Waals surface area contributed by atoms with Gasteiger partial charge in [0.2, 0.25) is 5.95 Å². The van der Waals surface area contributed by atoms with E-state index in [0.717, 1.165) is 0 Å². The second-order valence-electron chi connectivity index (χ2n) is 5.47. The van der Waals surface area contributed by atoms with Crippen LogP contribution in [0.3, 0.4) is 0 Å². The summed E-state index contributed by atoms with van der Waals surface area (Å²) in [5.74, 6) is 2.65. The lowest BCUT2D eigenvalue weighted by Crippen LogP contribution is -2.34. The van der Waals surface area contributed by atoms with E-state index in [2.05, 4.69) is 20.9 Å². The third-order valence-corrected chi connectivity index (χ3v) is 4.38. The van der Waals surface area contributed by atoms with Crippen molar-refractivity contribution in [2.24, 2.45) is 5.92 Å². The van der Waals surface area contributed by atoms with Crippen LogP contribution in [-0.2, 0) is 4.74 Å². The number of terminal acetylenes is 1. The third kappa shape index (κ3) is 1.83. The zero-order valence-corrected chi connectivity index (χ0v) is 12.4. The van der Waals surface area contributed by atoms with Gasteiger partial charge in [-0.2, -0.15) is 9.97 Å².